The van der Waals surface area contributed by atoms with Crippen molar-refractivity contribution in [3.8, 4) is 10.4 Å². The molecule has 1 N–H and O–H groups in total. The van der Waals surface area contributed by atoms with Gasteiger partial charge in [0.25, 0.3) is 0 Å². The van der Waals surface area contributed by atoms with Gasteiger partial charge in [-0.05, 0) is 68.8 Å². The molecule has 0 spiro atoms. The molecule has 213 valence electrons. The number of ether oxygens (including phenoxy) is 1. The summed E-state index contributed by atoms with van der Waals surface area (Å²) in [5, 5.41) is -0.402. The van der Waals surface area contributed by atoms with Crippen LogP contribution in [-0.4, -0.2) is 25.5 Å². The van der Waals surface area contributed by atoms with Crippen LogP contribution in [0.2, 0.25) is 18.1 Å². The Hall–Kier alpha value is -1.12. The summed E-state index contributed by atoms with van der Waals surface area (Å²) in [5.74, 6) is -2.83. The zero-order valence-corrected chi connectivity index (χ0v) is 30.4. The average Bonchev–Trinajstić information content (AvgIpc) is 3.60. The van der Waals surface area contributed by atoms with Gasteiger partial charge in [-0.3, -0.25) is 4.79 Å². The largest absolute Gasteiger partial charge is 0.696 e. The van der Waals surface area contributed by atoms with Crippen molar-refractivity contribution in [3.05, 3.63) is 55.9 Å². The summed E-state index contributed by atoms with van der Waals surface area (Å²) in [6.07, 6.45) is 5.22. The van der Waals surface area contributed by atoms with Crippen LogP contribution in [0.4, 0.5) is 14.5 Å². The van der Waals surface area contributed by atoms with Gasteiger partial charge < -0.3 is 19.5 Å². The number of nitrogens with zero attached hydrogens (tertiary/aromatic N) is 1. The molecule has 6 nitrogen and oxygen atoms in total. The Kier molecular flexibility index (Phi) is 9.16. The van der Waals surface area contributed by atoms with Crippen molar-refractivity contribution >= 4 is 42.2 Å². The molecule has 2 aliphatic rings. The van der Waals surface area contributed by atoms with Gasteiger partial charge in [0.2, 0.25) is 5.43 Å². The minimum atomic E-state index is -2.09. The molecule has 1 fully saturated rings. The average molecular weight is 801 g/mol. The van der Waals surface area contributed by atoms with Gasteiger partial charge in [-0.1, -0.05) is 26.5 Å². The number of pyridine rings is 1. The van der Waals surface area contributed by atoms with Crippen LogP contribution in [0.5, 0.6) is 0 Å². The van der Waals surface area contributed by atoms with Gasteiger partial charge in [0.15, 0.2) is 14.1 Å². The predicted molar refractivity (Wildman–Crippen MR) is 154 cm³/mol. The van der Waals surface area contributed by atoms with Crippen molar-refractivity contribution in [2.75, 3.05) is 6.61 Å². The number of halogens is 2. The van der Waals surface area contributed by atoms with Gasteiger partial charge in [-0.2, -0.15) is 0 Å². The Morgan fingerprint density at radius 3 is 2.48 bits per heavy atom. The smallest absolute Gasteiger partial charge is 0.343 e. The molecular weight excluding hydrogens is 765 g/mol. The number of benzene rings is 1. The number of aryl methyl sites for hydroxylation is 1. The maximum atomic E-state index is 16.4. The molecule has 1 radical (unpaired) electrons. The fourth-order valence-electron chi connectivity index (χ4n) is 5.04. The Labute approximate surface area is 274 Å². The number of esters is 1. The van der Waals surface area contributed by atoms with Crippen LogP contribution in [0.1, 0.15) is 86.3 Å². The molecule has 2 aliphatic carbocycles. The zero-order chi connectivity index (χ0) is 28.4. The normalized spacial score (nSPS) is 17.4. The summed E-state index contributed by atoms with van der Waals surface area (Å²) in [6.45, 7) is 12.6. The number of carbonyl (C=O) groups is 1. The summed E-state index contributed by atoms with van der Waals surface area (Å²) >= 11 is 1.33. The van der Waals surface area contributed by atoms with Crippen LogP contribution in [0.3, 0.4) is 0 Å². The molecule has 1 atom stereocenters. The molecule has 1 saturated carbocycles. The molecule has 2 heterocycles. The molecular formula is C29H35AcF2N2O4SSi-. The molecule has 0 saturated heterocycles. The molecule has 0 aliphatic heterocycles. The number of rotatable bonds is 6. The second kappa shape index (κ2) is 11.5. The van der Waals surface area contributed by atoms with E-state index in [9.17, 15) is 9.59 Å². The Morgan fingerprint density at radius 1 is 1.20 bits per heavy atom. The van der Waals surface area contributed by atoms with E-state index in [-0.39, 0.29) is 84.5 Å². The van der Waals surface area contributed by atoms with Gasteiger partial charge in [0.05, 0.1) is 23.8 Å². The molecule has 3 aromatic rings. The van der Waals surface area contributed by atoms with Gasteiger partial charge >= 0.3 is 5.97 Å². The van der Waals surface area contributed by atoms with E-state index in [4.69, 9.17) is 14.9 Å². The van der Waals surface area contributed by atoms with E-state index in [1.165, 1.54) is 22.1 Å². The first kappa shape index (κ1) is 31.8. The summed E-state index contributed by atoms with van der Waals surface area (Å²) in [5.41, 5.74) is 7.22. The van der Waals surface area contributed by atoms with Gasteiger partial charge in [-0.25, -0.2) is 13.6 Å². The number of nitrogens with one attached hydrogen (secondary N) is 1. The molecule has 5 rings (SSSR count). The minimum absolute atomic E-state index is 0. The van der Waals surface area contributed by atoms with Crippen molar-refractivity contribution in [1.82, 2.24) is 4.57 Å². The first-order valence-electron chi connectivity index (χ1n) is 13.6. The first-order valence-corrected chi connectivity index (χ1v) is 17.3. The van der Waals surface area contributed by atoms with Crippen molar-refractivity contribution in [3.63, 3.8) is 0 Å². The Morgan fingerprint density at radius 2 is 1.88 bits per heavy atom. The van der Waals surface area contributed by atoms with Crippen LogP contribution in [0.15, 0.2) is 17.1 Å². The van der Waals surface area contributed by atoms with Crippen LogP contribution in [0.25, 0.3) is 27.1 Å². The summed E-state index contributed by atoms with van der Waals surface area (Å²) in [7, 11) is -2.09. The van der Waals surface area contributed by atoms with Crippen molar-refractivity contribution in [2.45, 2.75) is 90.1 Å². The minimum Gasteiger partial charge on any atom is -0.696 e. The zero-order valence-electron chi connectivity index (χ0n) is 23.9. The molecule has 2 aromatic heterocycles. The van der Waals surface area contributed by atoms with E-state index in [1.807, 2.05) is 6.07 Å². The second-order valence-electron chi connectivity index (χ2n) is 12.1. The third kappa shape index (κ3) is 5.50. The van der Waals surface area contributed by atoms with E-state index in [0.717, 1.165) is 42.5 Å². The maximum absolute atomic E-state index is 16.4. The van der Waals surface area contributed by atoms with Gasteiger partial charge in [0, 0.05) is 71.4 Å². The topological polar surface area (TPSA) is 81.3 Å². The van der Waals surface area contributed by atoms with Gasteiger partial charge in [-0.15, -0.1) is 11.3 Å². The Bertz CT molecular complexity index is 1540. The number of fused-ring (bicyclic) bond motifs is 2. The standard InChI is InChI=1S/C29H36F2N2O4SSi.Ac/c1-7-36-28(35)17-14-33(15-11-12-15)26-22(27(17)34)25(32)23(30)21(24(26)31)20-13-16-18(9-8-10-19(16)38-20)37-39(5,6)29(2,3)4;/h13-15,18H,7-12H2,1-6H3,(H2,32,34);/p-1. The van der Waals surface area contributed by atoms with E-state index < -0.39 is 42.4 Å². The van der Waals surface area contributed by atoms with Crippen molar-refractivity contribution in [2.24, 2.45) is 0 Å². The molecule has 1 unspecified atom stereocenters. The third-order valence-corrected chi connectivity index (χ3v) is 14.0. The summed E-state index contributed by atoms with van der Waals surface area (Å²) < 4.78 is 45.5. The van der Waals surface area contributed by atoms with E-state index >= 15 is 8.78 Å². The van der Waals surface area contributed by atoms with Crippen LogP contribution >= 0.6 is 11.3 Å². The Balaban J connectivity index is 0.00000370. The predicted octanol–water partition coefficient (Wildman–Crippen LogP) is 8.60. The molecule has 1 aromatic carbocycles. The van der Waals surface area contributed by atoms with E-state index in [1.54, 1.807) is 6.92 Å². The molecule has 0 amide bonds. The van der Waals surface area contributed by atoms with Crippen LogP contribution < -0.4 is 5.43 Å². The summed E-state index contributed by atoms with van der Waals surface area (Å²) in [6, 6.07) is 1.68. The van der Waals surface area contributed by atoms with Crippen molar-refractivity contribution in [1.29, 1.82) is 0 Å². The number of carbonyl (C=O) groups excluding carboxylic acids is 1. The molecule has 0 bridgehead atoms. The van der Waals surface area contributed by atoms with E-state index in [0.29, 0.717) is 4.88 Å². The first-order chi connectivity index (χ1) is 18.3. The van der Waals surface area contributed by atoms with Crippen molar-refractivity contribution < 1.29 is 66.8 Å². The SMILES string of the molecule is CCOC(=O)c1cn(C2CC2)c2c(F)c(-c3cc4c(s3)CCCC4O[Si](C)(C)C(C)(C)C)c(F)c([NH-])c2c1=O.[Ac]. The van der Waals surface area contributed by atoms with Crippen LogP contribution in [-0.2, 0) is 15.6 Å². The van der Waals surface area contributed by atoms with E-state index in [2.05, 4.69) is 33.9 Å². The summed E-state index contributed by atoms with van der Waals surface area (Å²) in [4.78, 5) is 27.2. The van der Waals surface area contributed by atoms with Gasteiger partial charge in [0.1, 0.15) is 11.4 Å². The molecule has 11 heteroatoms. The number of hydrogen-bond acceptors (Lipinski definition) is 5. The maximum Gasteiger partial charge on any atom is 0.343 e. The number of hydrogen-bond donors (Lipinski definition) is 0. The second-order valence-corrected chi connectivity index (χ2v) is 18.0. The third-order valence-electron chi connectivity index (χ3n) is 8.34. The molecule has 40 heavy (non-hydrogen) atoms. The number of aromatic nitrogens is 1. The fourth-order valence-corrected chi connectivity index (χ4v) is 7.64. The fraction of sp³-hybridized carbons (Fsp3) is 0.517. The van der Waals surface area contributed by atoms with Crippen LogP contribution in [0, 0.1) is 55.7 Å². The quantitative estimate of drug-likeness (QED) is 0.185. The number of thiophene rings is 1. The monoisotopic (exact) mass is 800 g/mol.